The van der Waals surface area contributed by atoms with Gasteiger partial charge in [-0.05, 0) is 37.9 Å². The molecule has 5 nitrogen and oxygen atoms in total. The van der Waals surface area contributed by atoms with E-state index in [1.54, 1.807) is 26.2 Å². The summed E-state index contributed by atoms with van der Waals surface area (Å²) >= 11 is 0. The van der Waals surface area contributed by atoms with Crippen molar-refractivity contribution in [3.05, 3.63) is 29.6 Å². The Bertz CT molecular complexity index is 579. The van der Waals surface area contributed by atoms with E-state index in [4.69, 9.17) is 4.74 Å². The predicted octanol–water partition coefficient (Wildman–Crippen LogP) is 2.03. The number of benzene rings is 1. The van der Waals surface area contributed by atoms with Gasteiger partial charge in [0.15, 0.2) is 0 Å². The van der Waals surface area contributed by atoms with E-state index in [2.05, 4.69) is 0 Å². The molecule has 1 saturated heterocycles. The summed E-state index contributed by atoms with van der Waals surface area (Å²) < 4.78 is 19.4. The van der Waals surface area contributed by atoms with E-state index in [9.17, 15) is 14.3 Å². The van der Waals surface area contributed by atoms with Gasteiger partial charge in [0.1, 0.15) is 11.6 Å². The molecule has 1 aromatic carbocycles. The maximum absolute atomic E-state index is 14.1. The lowest BCUT2D eigenvalue weighted by Crippen LogP contribution is -2.48. The maximum atomic E-state index is 14.1. The molecular weight excluding hydrogens is 311 g/mol. The molecule has 6 heteroatoms. The van der Waals surface area contributed by atoms with Gasteiger partial charge in [0.05, 0.1) is 12.7 Å². The van der Waals surface area contributed by atoms with Gasteiger partial charge in [-0.25, -0.2) is 4.39 Å². The van der Waals surface area contributed by atoms with Crippen LogP contribution in [0.15, 0.2) is 18.2 Å². The Morgan fingerprint density at radius 2 is 2.21 bits per heavy atom. The van der Waals surface area contributed by atoms with Gasteiger partial charge in [0.2, 0.25) is 5.91 Å². The number of carbonyl (C=O) groups excluding carboxylic acids is 1. The third-order valence-electron chi connectivity index (χ3n) is 4.61. The number of hydrogen-bond acceptors (Lipinski definition) is 4. The molecule has 0 aromatic heterocycles. The topological polar surface area (TPSA) is 53.0 Å². The van der Waals surface area contributed by atoms with Crippen molar-refractivity contribution in [2.24, 2.45) is 0 Å². The van der Waals surface area contributed by atoms with E-state index >= 15 is 0 Å². The molecule has 0 saturated carbocycles. The number of aliphatic hydroxyl groups is 1. The molecule has 0 spiro atoms. The maximum Gasteiger partial charge on any atom is 0.222 e. The zero-order chi connectivity index (χ0) is 17.7. The number of hydrogen-bond donors (Lipinski definition) is 1. The highest BCUT2D eigenvalue weighted by Gasteiger charge is 2.34. The molecule has 0 aliphatic carbocycles. The number of ether oxygens (including phenoxy) is 1. The first-order chi connectivity index (χ1) is 11.3. The summed E-state index contributed by atoms with van der Waals surface area (Å²) in [5.74, 6) is 0.231. The molecule has 1 fully saturated rings. The summed E-state index contributed by atoms with van der Waals surface area (Å²) in [6.07, 6.45) is 2.23. The Balaban J connectivity index is 2.02. The molecule has 1 aliphatic heterocycles. The smallest absolute Gasteiger partial charge is 0.222 e. The average Bonchev–Trinajstić information content (AvgIpc) is 2.54. The number of methoxy groups -OCH3 is 1. The summed E-state index contributed by atoms with van der Waals surface area (Å²) in [7, 11) is 4.95. The lowest BCUT2D eigenvalue weighted by molar-refractivity contribution is -0.130. The predicted molar refractivity (Wildman–Crippen MR) is 90.3 cm³/mol. The quantitative estimate of drug-likeness (QED) is 0.862. The molecule has 1 N–H and O–H groups in total. The number of carbonyl (C=O) groups is 1. The standard InChI is InChI=1S/C18H27FN2O3/c1-20(2)17(22)8-10-18(23)9-5-11-21(13-18)12-14-15(19)6-4-7-16(14)24-3/h4,6-7,23H,5,8-13H2,1-3H3. The Hall–Kier alpha value is -1.66. The second-order valence-electron chi connectivity index (χ2n) is 6.75. The van der Waals surface area contributed by atoms with Crippen LogP contribution in [-0.4, -0.2) is 60.7 Å². The second kappa shape index (κ2) is 7.94. The molecular formula is C18H27FN2O3. The summed E-state index contributed by atoms with van der Waals surface area (Å²) in [6.45, 7) is 1.62. The SMILES string of the molecule is COc1cccc(F)c1CN1CCCC(O)(CCC(=O)N(C)C)C1. The summed E-state index contributed by atoms with van der Waals surface area (Å²) in [4.78, 5) is 15.3. The lowest BCUT2D eigenvalue weighted by Gasteiger charge is -2.39. The molecule has 1 atom stereocenters. The Morgan fingerprint density at radius 3 is 2.88 bits per heavy atom. The van der Waals surface area contributed by atoms with Gasteiger partial charge >= 0.3 is 0 Å². The van der Waals surface area contributed by atoms with Crippen molar-refractivity contribution in [2.75, 3.05) is 34.3 Å². The van der Waals surface area contributed by atoms with Gasteiger partial charge in [-0.1, -0.05) is 6.07 Å². The molecule has 1 unspecified atom stereocenters. The fourth-order valence-electron chi connectivity index (χ4n) is 3.22. The molecule has 2 rings (SSSR count). The number of piperidine rings is 1. The molecule has 1 aromatic rings. The second-order valence-corrected chi connectivity index (χ2v) is 6.75. The van der Waals surface area contributed by atoms with Gasteiger partial charge < -0.3 is 14.7 Å². The zero-order valence-electron chi connectivity index (χ0n) is 14.7. The fourth-order valence-corrected chi connectivity index (χ4v) is 3.22. The highest BCUT2D eigenvalue weighted by atomic mass is 19.1. The van der Waals surface area contributed by atoms with E-state index in [-0.39, 0.29) is 11.7 Å². The first-order valence-corrected chi connectivity index (χ1v) is 8.31. The number of β-amino-alcohol motifs (C(OH)–C–C–N with tert-alkyl or cyclic N) is 1. The van der Waals surface area contributed by atoms with Crippen LogP contribution in [0.1, 0.15) is 31.2 Å². The van der Waals surface area contributed by atoms with Crippen LogP contribution in [0.5, 0.6) is 5.75 Å². The Labute approximate surface area is 143 Å². The van der Waals surface area contributed by atoms with Gasteiger partial charge in [-0.3, -0.25) is 9.69 Å². The van der Waals surface area contributed by atoms with Gasteiger partial charge in [0, 0.05) is 39.2 Å². The molecule has 134 valence electrons. The lowest BCUT2D eigenvalue weighted by atomic mass is 9.88. The number of rotatable bonds is 6. The molecule has 1 aliphatic rings. The minimum atomic E-state index is -0.900. The number of likely N-dealkylation sites (tertiary alicyclic amines) is 1. The summed E-state index contributed by atoms with van der Waals surface area (Å²) in [5, 5.41) is 10.8. The molecule has 1 amide bonds. The first kappa shape index (κ1) is 18.7. The van der Waals surface area contributed by atoms with Crippen molar-refractivity contribution in [3.63, 3.8) is 0 Å². The Morgan fingerprint density at radius 1 is 1.46 bits per heavy atom. The van der Waals surface area contributed by atoms with Crippen LogP contribution >= 0.6 is 0 Å². The van der Waals surface area contributed by atoms with E-state index in [0.29, 0.717) is 43.7 Å². The third kappa shape index (κ3) is 4.68. The molecule has 0 bridgehead atoms. The number of amides is 1. The largest absolute Gasteiger partial charge is 0.496 e. The van der Waals surface area contributed by atoms with Crippen molar-refractivity contribution in [1.29, 1.82) is 0 Å². The van der Waals surface area contributed by atoms with Crippen LogP contribution < -0.4 is 4.74 Å². The van der Waals surface area contributed by atoms with E-state index < -0.39 is 5.60 Å². The van der Waals surface area contributed by atoms with Crippen LogP contribution in [0, 0.1) is 5.82 Å². The van der Waals surface area contributed by atoms with Crippen molar-refractivity contribution in [2.45, 2.75) is 37.8 Å². The minimum absolute atomic E-state index is 0.0105. The zero-order valence-corrected chi connectivity index (χ0v) is 14.7. The van der Waals surface area contributed by atoms with Crippen LogP contribution in [0.25, 0.3) is 0 Å². The van der Waals surface area contributed by atoms with E-state index in [1.165, 1.54) is 18.1 Å². The normalized spacial score (nSPS) is 21.5. The summed E-state index contributed by atoms with van der Waals surface area (Å²) in [6, 6.07) is 4.78. The van der Waals surface area contributed by atoms with Crippen molar-refractivity contribution >= 4 is 5.91 Å². The Kier molecular flexibility index (Phi) is 6.18. The van der Waals surface area contributed by atoms with Crippen molar-refractivity contribution in [1.82, 2.24) is 9.80 Å². The highest BCUT2D eigenvalue weighted by Crippen LogP contribution is 2.29. The molecule has 24 heavy (non-hydrogen) atoms. The monoisotopic (exact) mass is 338 g/mol. The third-order valence-corrected chi connectivity index (χ3v) is 4.61. The van der Waals surface area contributed by atoms with Crippen LogP contribution in [-0.2, 0) is 11.3 Å². The van der Waals surface area contributed by atoms with E-state index in [0.717, 1.165) is 13.0 Å². The molecule has 1 heterocycles. The minimum Gasteiger partial charge on any atom is -0.496 e. The average molecular weight is 338 g/mol. The first-order valence-electron chi connectivity index (χ1n) is 8.31. The van der Waals surface area contributed by atoms with E-state index in [1.807, 2.05) is 4.90 Å². The fraction of sp³-hybridized carbons (Fsp3) is 0.611. The van der Waals surface area contributed by atoms with Gasteiger partial charge in [0.25, 0.3) is 0 Å². The van der Waals surface area contributed by atoms with Crippen LogP contribution in [0.4, 0.5) is 4.39 Å². The van der Waals surface area contributed by atoms with Crippen LogP contribution in [0.3, 0.4) is 0 Å². The number of halogens is 1. The van der Waals surface area contributed by atoms with Crippen molar-refractivity contribution < 1.29 is 19.0 Å². The molecule has 0 radical (unpaired) electrons. The van der Waals surface area contributed by atoms with Gasteiger partial charge in [-0.15, -0.1) is 0 Å². The van der Waals surface area contributed by atoms with Crippen molar-refractivity contribution in [3.8, 4) is 5.75 Å². The van der Waals surface area contributed by atoms with Gasteiger partial charge in [-0.2, -0.15) is 0 Å². The van der Waals surface area contributed by atoms with Crippen LogP contribution in [0.2, 0.25) is 0 Å². The highest BCUT2D eigenvalue weighted by molar-refractivity contribution is 5.75. The number of nitrogens with zero attached hydrogens (tertiary/aromatic N) is 2. The summed E-state index contributed by atoms with van der Waals surface area (Å²) in [5.41, 5.74) is -0.392.